The predicted molar refractivity (Wildman–Crippen MR) is 133 cm³/mol. The molecule has 0 aliphatic heterocycles. The third-order valence-electron chi connectivity index (χ3n) is 5.50. The molecule has 0 spiro atoms. The van der Waals surface area contributed by atoms with E-state index in [9.17, 15) is 9.90 Å². The first kappa shape index (κ1) is 22.9. The van der Waals surface area contributed by atoms with Crippen molar-refractivity contribution in [1.82, 2.24) is 15.3 Å². The smallest absolute Gasteiger partial charge is 0.251 e. The van der Waals surface area contributed by atoms with Gasteiger partial charge in [-0.25, -0.2) is 9.97 Å². The van der Waals surface area contributed by atoms with Crippen LogP contribution in [0.3, 0.4) is 0 Å². The molecule has 1 heterocycles. The summed E-state index contributed by atoms with van der Waals surface area (Å²) in [6, 6.07) is 19.3. The molecule has 0 saturated heterocycles. The van der Waals surface area contributed by atoms with Gasteiger partial charge in [0.05, 0.1) is 29.6 Å². The molecule has 1 atom stereocenters. The maximum Gasteiger partial charge on any atom is 0.251 e. The first-order chi connectivity index (χ1) is 16.4. The molecule has 0 aliphatic carbocycles. The van der Waals surface area contributed by atoms with Gasteiger partial charge >= 0.3 is 0 Å². The standard InChI is InChI=1S/C27H26N4O3/c1-16-11-12-20-23(13-16)30-26(21-9-4-5-10-24(21)32)31-25(20)22(28)14-17(2)29-27(33)18-7-6-8-19(15-18)34-3/h4-13,15,17,28,32H,14H2,1-3H3,(H,29,33)/t17-/m1/s1. The van der Waals surface area contributed by atoms with Crippen molar-refractivity contribution >= 4 is 22.5 Å². The molecule has 0 radical (unpaired) electrons. The molecular weight excluding hydrogens is 428 g/mol. The number of phenols is 1. The number of aryl methyl sites for hydroxylation is 1. The van der Waals surface area contributed by atoms with E-state index in [2.05, 4.69) is 15.3 Å². The van der Waals surface area contributed by atoms with Crippen molar-refractivity contribution < 1.29 is 14.6 Å². The van der Waals surface area contributed by atoms with E-state index in [4.69, 9.17) is 10.1 Å². The number of aromatic hydroxyl groups is 1. The highest BCUT2D eigenvalue weighted by atomic mass is 16.5. The average Bonchev–Trinajstić information content (AvgIpc) is 2.83. The number of aromatic nitrogens is 2. The quantitative estimate of drug-likeness (QED) is 0.344. The highest BCUT2D eigenvalue weighted by Crippen LogP contribution is 2.29. The van der Waals surface area contributed by atoms with Gasteiger partial charge in [-0.1, -0.05) is 30.3 Å². The number of fused-ring (bicyclic) bond motifs is 1. The van der Waals surface area contributed by atoms with E-state index in [-0.39, 0.29) is 29.8 Å². The zero-order valence-electron chi connectivity index (χ0n) is 19.3. The van der Waals surface area contributed by atoms with Crippen molar-refractivity contribution in [3.05, 3.63) is 83.6 Å². The molecule has 0 saturated carbocycles. The molecule has 3 N–H and O–H groups in total. The number of benzene rings is 3. The molecule has 0 bridgehead atoms. The van der Waals surface area contributed by atoms with Crippen molar-refractivity contribution in [2.75, 3.05) is 7.11 Å². The van der Waals surface area contributed by atoms with Gasteiger partial charge in [-0.15, -0.1) is 0 Å². The maximum atomic E-state index is 12.7. The highest BCUT2D eigenvalue weighted by Gasteiger charge is 2.18. The molecular formula is C27H26N4O3. The normalized spacial score (nSPS) is 11.7. The Bertz CT molecular complexity index is 1380. The van der Waals surface area contributed by atoms with Crippen molar-refractivity contribution in [1.29, 1.82) is 5.41 Å². The Labute approximate surface area is 198 Å². The van der Waals surface area contributed by atoms with Crippen LogP contribution in [0.2, 0.25) is 0 Å². The minimum absolute atomic E-state index is 0.0749. The molecule has 7 heteroatoms. The molecule has 3 aromatic carbocycles. The number of amides is 1. The molecule has 0 fully saturated rings. The van der Waals surface area contributed by atoms with Crippen molar-refractivity contribution in [2.24, 2.45) is 0 Å². The summed E-state index contributed by atoms with van der Waals surface area (Å²) in [4.78, 5) is 22.0. The Hall–Kier alpha value is -4.26. The second kappa shape index (κ2) is 9.70. The van der Waals surface area contributed by atoms with E-state index in [1.165, 1.54) is 0 Å². The second-order valence-electron chi connectivity index (χ2n) is 8.22. The molecule has 4 rings (SSSR count). The zero-order chi connectivity index (χ0) is 24.2. The molecule has 172 valence electrons. The van der Waals surface area contributed by atoms with Crippen LogP contribution in [-0.2, 0) is 0 Å². The summed E-state index contributed by atoms with van der Waals surface area (Å²) in [6.07, 6.45) is 0.274. The molecule has 7 nitrogen and oxygen atoms in total. The van der Waals surface area contributed by atoms with Crippen LogP contribution in [0.1, 0.15) is 35.0 Å². The lowest BCUT2D eigenvalue weighted by Gasteiger charge is -2.16. The van der Waals surface area contributed by atoms with E-state index in [0.29, 0.717) is 33.9 Å². The topological polar surface area (TPSA) is 108 Å². The van der Waals surface area contributed by atoms with Gasteiger partial charge in [0.15, 0.2) is 5.82 Å². The summed E-state index contributed by atoms with van der Waals surface area (Å²) in [5, 5.41) is 22.8. The lowest BCUT2D eigenvalue weighted by molar-refractivity contribution is 0.0941. The zero-order valence-corrected chi connectivity index (χ0v) is 19.3. The number of ether oxygens (including phenoxy) is 1. The minimum atomic E-state index is -0.310. The fourth-order valence-electron chi connectivity index (χ4n) is 3.78. The number of hydrogen-bond acceptors (Lipinski definition) is 6. The third kappa shape index (κ3) is 4.88. The monoisotopic (exact) mass is 454 g/mol. The summed E-state index contributed by atoms with van der Waals surface area (Å²) in [7, 11) is 1.55. The van der Waals surface area contributed by atoms with Crippen LogP contribution < -0.4 is 10.1 Å². The van der Waals surface area contributed by atoms with Crippen LogP contribution in [0, 0.1) is 12.3 Å². The highest BCUT2D eigenvalue weighted by molar-refractivity contribution is 6.08. The third-order valence-corrected chi connectivity index (χ3v) is 5.50. The number of nitrogens with zero attached hydrogens (tertiary/aromatic N) is 2. The molecule has 1 aromatic heterocycles. The van der Waals surface area contributed by atoms with Gasteiger partial charge in [0.25, 0.3) is 5.91 Å². The number of hydrogen-bond donors (Lipinski definition) is 3. The van der Waals surface area contributed by atoms with E-state index in [1.807, 2.05) is 32.0 Å². The molecule has 0 unspecified atom stereocenters. The number of rotatable bonds is 7. The fraction of sp³-hybridized carbons (Fsp3) is 0.185. The largest absolute Gasteiger partial charge is 0.507 e. The predicted octanol–water partition coefficient (Wildman–Crippen LogP) is 4.90. The van der Waals surface area contributed by atoms with Crippen LogP contribution >= 0.6 is 0 Å². The lowest BCUT2D eigenvalue weighted by Crippen LogP contribution is -2.34. The summed E-state index contributed by atoms with van der Waals surface area (Å²) < 4.78 is 5.19. The van der Waals surface area contributed by atoms with Crippen molar-refractivity contribution in [2.45, 2.75) is 26.3 Å². The van der Waals surface area contributed by atoms with Gasteiger partial charge in [0, 0.05) is 23.4 Å². The summed E-state index contributed by atoms with van der Waals surface area (Å²) in [5.74, 6) is 0.791. The fourth-order valence-corrected chi connectivity index (χ4v) is 3.78. The van der Waals surface area contributed by atoms with Crippen molar-refractivity contribution in [3.8, 4) is 22.9 Å². The number of phenolic OH excluding ortho intramolecular Hbond substituents is 1. The van der Waals surface area contributed by atoms with Gasteiger partial charge < -0.3 is 20.6 Å². The summed E-state index contributed by atoms with van der Waals surface area (Å²) in [5.41, 5.74) is 3.46. The number of methoxy groups -OCH3 is 1. The first-order valence-electron chi connectivity index (χ1n) is 10.9. The van der Waals surface area contributed by atoms with Crippen LogP contribution in [-0.4, -0.2) is 39.8 Å². The molecule has 0 aliphatic rings. The van der Waals surface area contributed by atoms with Crippen LogP contribution in [0.25, 0.3) is 22.3 Å². The van der Waals surface area contributed by atoms with Gasteiger partial charge in [0.1, 0.15) is 11.5 Å². The molecule has 1 amide bonds. The van der Waals surface area contributed by atoms with Crippen LogP contribution in [0.4, 0.5) is 0 Å². The van der Waals surface area contributed by atoms with E-state index in [0.717, 1.165) is 10.9 Å². The van der Waals surface area contributed by atoms with E-state index >= 15 is 0 Å². The molecule has 34 heavy (non-hydrogen) atoms. The second-order valence-corrected chi connectivity index (χ2v) is 8.22. The number of carbonyl (C=O) groups excluding carboxylic acids is 1. The Kier molecular flexibility index (Phi) is 6.54. The van der Waals surface area contributed by atoms with E-state index < -0.39 is 0 Å². The summed E-state index contributed by atoms with van der Waals surface area (Å²) >= 11 is 0. The maximum absolute atomic E-state index is 12.7. The van der Waals surface area contributed by atoms with Gasteiger partial charge in [-0.3, -0.25) is 4.79 Å². The Morgan fingerprint density at radius 2 is 1.88 bits per heavy atom. The first-order valence-corrected chi connectivity index (χ1v) is 10.9. The van der Waals surface area contributed by atoms with Gasteiger partial charge in [0.2, 0.25) is 0 Å². The Morgan fingerprint density at radius 1 is 1.09 bits per heavy atom. The molecule has 4 aromatic rings. The van der Waals surface area contributed by atoms with Gasteiger partial charge in [-0.05, 0) is 55.8 Å². The Balaban J connectivity index is 1.62. The number of carbonyl (C=O) groups is 1. The minimum Gasteiger partial charge on any atom is -0.507 e. The van der Waals surface area contributed by atoms with Crippen LogP contribution in [0.5, 0.6) is 11.5 Å². The summed E-state index contributed by atoms with van der Waals surface area (Å²) in [6.45, 7) is 3.83. The Morgan fingerprint density at radius 3 is 2.65 bits per heavy atom. The van der Waals surface area contributed by atoms with E-state index in [1.54, 1.807) is 55.6 Å². The number of para-hydroxylation sites is 1. The van der Waals surface area contributed by atoms with Crippen molar-refractivity contribution in [3.63, 3.8) is 0 Å². The van der Waals surface area contributed by atoms with Gasteiger partial charge in [-0.2, -0.15) is 0 Å². The lowest BCUT2D eigenvalue weighted by atomic mass is 10.0. The van der Waals surface area contributed by atoms with Crippen LogP contribution in [0.15, 0.2) is 66.7 Å². The number of nitrogens with one attached hydrogen (secondary N) is 2. The SMILES string of the molecule is COc1cccc(C(=O)N[C@H](C)CC(=N)c2nc(-c3ccccc3O)nc3cc(C)ccc23)c1. The average molecular weight is 455 g/mol.